The van der Waals surface area contributed by atoms with Crippen molar-refractivity contribution in [3.05, 3.63) is 176 Å². The lowest BCUT2D eigenvalue weighted by Gasteiger charge is -2.28. The molecule has 8 aromatic carbocycles. The molecule has 1 aromatic heterocycles. The molecule has 0 fully saturated rings. The Morgan fingerprint density at radius 2 is 0.978 bits per heavy atom. The molecule has 0 saturated carbocycles. The standard InChI is InChI=1S/C44H29NO/c1-2-17-35(18-3-1)45(36-19-10-16-33(26-36)38-22-11-15-30-12-6-7-20-37(30)38)42-23-9-8-21-39(42)34-24-25-43-40(28-34)41-27-31-13-4-5-14-32(31)29-44(41)46-43/h1-29H. The number of hydrogen-bond acceptors (Lipinski definition) is 2. The summed E-state index contributed by atoms with van der Waals surface area (Å²) >= 11 is 0. The first-order chi connectivity index (χ1) is 22.8. The highest BCUT2D eigenvalue weighted by Crippen LogP contribution is 2.43. The van der Waals surface area contributed by atoms with Crippen molar-refractivity contribution >= 4 is 60.5 Å². The molecule has 2 nitrogen and oxygen atoms in total. The van der Waals surface area contributed by atoms with Gasteiger partial charge in [0.05, 0.1) is 5.69 Å². The summed E-state index contributed by atoms with van der Waals surface area (Å²) in [5, 5.41) is 7.15. The van der Waals surface area contributed by atoms with Crippen LogP contribution >= 0.6 is 0 Å². The number of anilines is 3. The Morgan fingerprint density at radius 1 is 0.348 bits per heavy atom. The Bertz CT molecular complexity index is 2540. The molecular weight excluding hydrogens is 558 g/mol. The fraction of sp³-hybridized carbons (Fsp3) is 0. The van der Waals surface area contributed by atoms with Crippen molar-refractivity contribution in [2.75, 3.05) is 4.90 Å². The van der Waals surface area contributed by atoms with E-state index in [4.69, 9.17) is 4.42 Å². The Hall–Kier alpha value is -6.12. The Balaban J connectivity index is 1.22. The van der Waals surface area contributed by atoms with E-state index >= 15 is 0 Å². The maximum atomic E-state index is 6.34. The van der Waals surface area contributed by atoms with E-state index in [1.54, 1.807) is 0 Å². The monoisotopic (exact) mass is 587 g/mol. The van der Waals surface area contributed by atoms with Gasteiger partial charge in [0, 0.05) is 27.7 Å². The minimum Gasteiger partial charge on any atom is -0.456 e. The van der Waals surface area contributed by atoms with Crippen molar-refractivity contribution in [2.24, 2.45) is 0 Å². The molecule has 0 N–H and O–H groups in total. The molecule has 9 rings (SSSR count). The molecule has 46 heavy (non-hydrogen) atoms. The summed E-state index contributed by atoms with van der Waals surface area (Å²) < 4.78 is 6.34. The van der Waals surface area contributed by atoms with Crippen molar-refractivity contribution in [1.29, 1.82) is 0 Å². The van der Waals surface area contributed by atoms with Crippen LogP contribution in [0.4, 0.5) is 17.1 Å². The van der Waals surface area contributed by atoms with Gasteiger partial charge >= 0.3 is 0 Å². The van der Waals surface area contributed by atoms with Gasteiger partial charge in [-0.2, -0.15) is 0 Å². The minimum absolute atomic E-state index is 0.897. The molecule has 0 bridgehead atoms. The van der Waals surface area contributed by atoms with Crippen LogP contribution < -0.4 is 4.90 Å². The summed E-state index contributed by atoms with van der Waals surface area (Å²) in [6.07, 6.45) is 0. The van der Waals surface area contributed by atoms with Crippen LogP contribution in [0.3, 0.4) is 0 Å². The lowest BCUT2D eigenvalue weighted by Crippen LogP contribution is -2.11. The predicted octanol–water partition coefficient (Wildman–Crippen LogP) is 12.7. The van der Waals surface area contributed by atoms with Crippen LogP contribution in [0.15, 0.2) is 180 Å². The molecule has 0 aliphatic carbocycles. The van der Waals surface area contributed by atoms with Gasteiger partial charge in [0.2, 0.25) is 0 Å². The summed E-state index contributed by atoms with van der Waals surface area (Å²) in [5.41, 5.74) is 9.84. The third-order valence-corrected chi connectivity index (χ3v) is 9.01. The van der Waals surface area contributed by atoms with E-state index < -0.39 is 0 Å². The van der Waals surface area contributed by atoms with E-state index in [-0.39, 0.29) is 0 Å². The number of furan rings is 1. The van der Waals surface area contributed by atoms with Crippen LogP contribution in [0.2, 0.25) is 0 Å². The topological polar surface area (TPSA) is 16.4 Å². The minimum atomic E-state index is 0.897. The van der Waals surface area contributed by atoms with Crippen LogP contribution in [-0.2, 0) is 0 Å². The highest BCUT2D eigenvalue weighted by Gasteiger charge is 2.19. The van der Waals surface area contributed by atoms with Gasteiger partial charge in [-0.1, -0.05) is 121 Å². The number of benzene rings is 8. The van der Waals surface area contributed by atoms with Crippen molar-refractivity contribution < 1.29 is 4.42 Å². The lowest BCUT2D eigenvalue weighted by molar-refractivity contribution is 0.669. The molecule has 216 valence electrons. The van der Waals surface area contributed by atoms with Gasteiger partial charge in [0.15, 0.2) is 0 Å². The van der Waals surface area contributed by atoms with Crippen molar-refractivity contribution in [1.82, 2.24) is 0 Å². The SMILES string of the molecule is c1ccc(N(c2cccc(-c3cccc4ccccc34)c2)c2ccccc2-c2ccc3oc4cc5ccccc5cc4c3c2)cc1. The van der Waals surface area contributed by atoms with Crippen LogP contribution in [0, 0.1) is 0 Å². The molecule has 0 saturated heterocycles. The third-order valence-electron chi connectivity index (χ3n) is 9.01. The van der Waals surface area contributed by atoms with Gasteiger partial charge < -0.3 is 9.32 Å². The van der Waals surface area contributed by atoms with E-state index in [0.29, 0.717) is 0 Å². The van der Waals surface area contributed by atoms with Crippen LogP contribution in [0.25, 0.3) is 65.7 Å². The third kappa shape index (κ3) is 4.43. The van der Waals surface area contributed by atoms with Gasteiger partial charge in [-0.25, -0.2) is 0 Å². The number of fused-ring (bicyclic) bond motifs is 5. The van der Waals surface area contributed by atoms with E-state index in [1.165, 1.54) is 32.7 Å². The Morgan fingerprint density at radius 3 is 1.87 bits per heavy atom. The fourth-order valence-electron chi connectivity index (χ4n) is 6.84. The molecule has 2 heteroatoms. The van der Waals surface area contributed by atoms with Gasteiger partial charge in [-0.15, -0.1) is 0 Å². The number of para-hydroxylation sites is 2. The van der Waals surface area contributed by atoms with E-state index in [9.17, 15) is 0 Å². The second-order valence-corrected chi connectivity index (χ2v) is 11.8. The maximum absolute atomic E-state index is 6.34. The average molecular weight is 588 g/mol. The smallest absolute Gasteiger partial charge is 0.136 e. The number of nitrogens with zero attached hydrogens (tertiary/aromatic N) is 1. The van der Waals surface area contributed by atoms with Gasteiger partial charge in [0.1, 0.15) is 11.2 Å². The first-order valence-corrected chi connectivity index (χ1v) is 15.7. The molecule has 0 radical (unpaired) electrons. The molecule has 0 unspecified atom stereocenters. The summed E-state index contributed by atoms with van der Waals surface area (Å²) in [6, 6.07) is 62.8. The zero-order chi connectivity index (χ0) is 30.5. The first-order valence-electron chi connectivity index (χ1n) is 15.7. The molecule has 9 aromatic rings. The van der Waals surface area contributed by atoms with Crippen LogP contribution in [-0.4, -0.2) is 0 Å². The van der Waals surface area contributed by atoms with Crippen molar-refractivity contribution in [3.63, 3.8) is 0 Å². The Kier molecular flexibility index (Phi) is 6.17. The average Bonchev–Trinajstić information content (AvgIpc) is 3.48. The number of hydrogen-bond donors (Lipinski definition) is 0. The molecule has 0 spiro atoms. The normalized spacial score (nSPS) is 11.5. The second-order valence-electron chi connectivity index (χ2n) is 11.8. The molecule has 0 atom stereocenters. The molecule has 1 heterocycles. The fourth-order valence-corrected chi connectivity index (χ4v) is 6.84. The quantitative estimate of drug-likeness (QED) is 0.199. The zero-order valence-corrected chi connectivity index (χ0v) is 25.1. The molecule has 0 aliphatic rings. The predicted molar refractivity (Wildman–Crippen MR) is 194 cm³/mol. The van der Waals surface area contributed by atoms with Crippen molar-refractivity contribution in [3.8, 4) is 22.3 Å². The molecule has 0 aliphatic heterocycles. The van der Waals surface area contributed by atoms with Crippen molar-refractivity contribution in [2.45, 2.75) is 0 Å². The van der Waals surface area contributed by atoms with Crippen LogP contribution in [0.1, 0.15) is 0 Å². The molecular formula is C44H29NO. The van der Waals surface area contributed by atoms with Crippen LogP contribution in [0.5, 0.6) is 0 Å². The summed E-state index contributed by atoms with van der Waals surface area (Å²) in [5.74, 6) is 0. The van der Waals surface area contributed by atoms with Gasteiger partial charge in [0.25, 0.3) is 0 Å². The first kappa shape index (κ1) is 26.3. The maximum Gasteiger partial charge on any atom is 0.136 e. The molecule has 0 amide bonds. The van der Waals surface area contributed by atoms with E-state index in [2.05, 4.69) is 181 Å². The lowest BCUT2D eigenvalue weighted by atomic mass is 9.97. The second kappa shape index (κ2) is 10.8. The highest BCUT2D eigenvalue weighted by atomic mass is 16.3. The number of rotatable bonds is 5. The Labute approximate surface area is 267 Å². The summed E-state index contributed by atoms with van der Waals surface area (Å²) in [6.45, 7) is 0. The highest BCUT2D eigenvalue weighted by molar-refractivity contribution is 6.11. The van der Waals surface area contributed by atoms with Gasteiger partial charge in [-0.05, 0) is 92.8 Å². The zero-order valence-electron chi connectivity index (χ0n) is 25.1. The van der Waals surface area contributed by atoms with Gasteiger partial charge in [-0.3, -0.25) is 0 Å². The van der Waals surface area contributed by atoms with E-state index in [1.807, 2.05) is 0 Å². The van der Waals surface area contributed by atoms with E-state index in [0.717, 1.165) is 50.1 Å². The summed E-state index contributed by atoms with van der Waals surface area (Å²) in [7, 11) is 0. The summed E-state index contributed by atoms with van der Waals surface area (Å²) in [4.78, 5) is 2.37. The largest absolute Gasteiger partial charge is 0.456 e.